The minimum atomic E-state index is -0.565. The Kier molecular flexibility index (Phi) is 6.11. The highest BCUT2D eigenvalue weighted by atomic mass is 16.5. The number of carbonyl (C=O) groups excluding carboxylic acids is 2. The molecule has 0 N–H and O–H groups in total. The zero-order chi connectivity index (χ0) is 19.2. The predicted molar refractivity (Wildman–Crippen MR) is 97.6 cm³/mol. The summed E-state index contributed by atoms with van der Waals surface area (Å²) in [6.07, 6.45) is 6.47. The normalized spacial score (nSPS) is 14.6. The predicted octanol–water partition coefficient (Wildman–Crippen LogP) is 3.44. The van der Waals surface area contributed by atoms with E-state index in [1.807, 2.05) is 12.1 Å². The molecule has 0 aliphatic heterocycles. The zero-order valence-electron chi connectivity index (χ0n) is 15.6. The van der Waals surface area contributed by atoms with Crippen LogP contribution >= 0.6 is 0 Å². The second-order valence-electron chi connectivity index (χ2n) is 6.54. The minimum absolute atomic E-state index is 0.0980. The minimum Gasteiger partial charge on any atom is -0.496 e. The number of esters is 1. The molecule has 1 aromatic heterocycles. The van der Waals surface area contributed by atoms with E-state index in [4.69, 9.17) is 9.15 Å². The number of ether oxygens (including phenoxy) is 2. The summed E-state index contributed by atoms with van der Waals surface area (Å²) in [7, 11) is 2.84. The fraction of sp³-hybridized carbons (Fsp3) is 0.450. The summed E-state index contributed by atoms with van der Waals surface area (Å²) < 4.78 is 15.4. The van der Waals surface area contributed by atoms with Gasteiger partial charge in [0, 0.05) is 6.04 Å². The maximum Gasteiger partial charge on any atom is 0.360 e. The van der Waals surface area contributed by atoms with Gasteiger partial charge in [-0.15, -0.1) is 0 Å². The Labute approximate surface area is 158 Å². The summed E-state index contributed by atoms with van der Waals surface area (Å²) in [5.74, 6) is 0.151. The summed E-state index contributed by atoms with van der Waals surface area (Å²) in [5, 5.41) is 0. The topological polar surface area (TPSA) is 81.9 Å². The Balaban J connectivity index is 1.87. The summed E-state index contributed by atoms with van der Waals surface area (Å²) in [4.78, 5) is 30.9. The first-order chi connectivity index (χ1) is 13.1. The number of hydrogen-bond acceptors (Lipinski definition) is 6. The van der Waals surface area contributed by atoms with Gasteiger partial charge in [-0.05, 0) is 25.0 Å². The number of aromatic nitrogens is 1. The SMILES string of the molecule is COC(=O)c1coc(CN(C(=O)c2ccccc2OC)C2CCCCC2)n1. The molecule has 1 aromatic carbocycles. The molecular weight excluding hydrogens is 348 g/mol. The molecule has 144 valence electrons. The van der Waals surface area contributed by atoms with Gasteiger partial charge in [0.05, 0.1) is 26.3 Å². The number of methoxy groups -OCH3 is 2. The molecule has 0 bridgehead atoms. The molecule has 7 nitrogen and oxygen atoms in total. The van der Waals surface area contributed by atoms with E-state index in [2.05, 4.69) is 9.72 Å². The van der Waals surface area contributed by atoms with E-state index in [1.54, 1.807) is 24.1 Å². The van der Waals surface area contributed by atoms with Crippen LogP contribution in [0.3, 0.4) is 0 Å². The van der Waals surface area contributed by atoms with Gasteiger partial charge in [-0.25, -0.2) is 9.78 Å². The molecule has 7 heteroatoms. The molecule has 27 heavy (non-hydrogen) atoms. The van der Waals surface area contributed by atoms with Crippen LogP contribution in [0.5, 0.6) is 5.75 Å². The third-order valence-electron chi connectivity index (χ3n) is 4.87. The molecule has 1 heterocycles. The van der Waals surface area contributed by atoms with E-state index in [0.29, 0.717) is 17.2 Å². The van der Waals surface area contributed by atoms with E-state index in [9.17, 15) is 9.59 Å². The molecule has 0 spiro atoms. The zero-order valence-corrected chi connectivity index (χ0v) is 15.6. The van der Waals surface area contributed by atoms with Crippen LogP contribution in [0.15, 0.2) is 34.9 Å². The van der Waals surface area contributed by atoms with Crippen LogP contribution in [0.25, 0.3) is 0 Å². The summed E-state index contributed by atoms with van der Waals surface area (Å²) in [6, 6.07) is 7.27. The molecule has 1 aliphatic carbocycles. The lowest BCUT2D eigenvalue weighted by atomic mass is 9.93. The Bertz CT molecular complexity index is 795. The van der Waals surface area contributed by atoms with Gasteiger partial charge in [0.1, 0.15) is 12.0 Å². The van der Waals surface area contributed by atoms with E-state index in [-0.39, 0.29) is 24.2 Å². The van der Waals surface area contributed by atoms with Crippen molar-refractivity contribution in [3.63, 3.8) is 0 Å². The largest absolute Gasteiger partial charge is 0.496 e. The van der Waals surface area contributed by atoms with Crippen LogP contribution in [0, 0.1) is 0 Å². The molecule has 1 aliphatic rings. The first-order valence-electron chi connectivity index (χ1n) is 9.10. The van der Waals surface area contributed by atoms with Gasteiger partial charge in [0.15, 0.2) is 5.69 Å². The number of oxazole rings is 1. The van der Waals surface area contributed by atoms with Crippen molar-refractivity contribution in [3.8, 4) is 5.75 Å². The molecule has 1 saturated carbocycles. The first-order valence-corrected chi connectivity index (χ1v) is 9.10. The van der Waals surface area contributed by atoms with E-state index in [1.165, 1.54) is 19.8 Å². The summed E-state index contributed by atoms with van der Waals surface area (Å²) in [5.41, 5.74) is 0.603. The van der Waals surface area contributed by atoms with Crippen LogP contribution in [-0.4, -0.2) is 42.0 Å². The van der Waals surface area contributed by atoms with Gasteiger partial charge in [0.2, 0.25) is 5.89 Å². The molecule has 0 atom stereocenters. The van der Waals surface area contributed by atoms with E-state index in [0.717, 1.165) is 25.7 Å². The maximum absolute atomic E-state index is 13.3. The lowest BCUT2D eigenvalue weighted by Crippen LogP contribution is -2.41. The van der Waals surface area contributed by atoms with Gasteiger partial charge < -0.3 is 18.8 Å². The van der Waals surface area contributed by atoms with Gasteiger partial charge in [-0.2, -0.15) is 0 Å². The lowest BCUT2D eigenvalue weighted by Gasteiger charge is -2.34. The Morgan fingerprint density at radius 3 is 2.63 bits per heavy atom. The molecule has 0 unspecified atom stereocenters. The number of nitrogens with zero attached hydrogens (tertiary/aromatic N) is 2. The second kappa shape index (κ2) is 8.70. The van der Waals surface area contributed by atoms with Crippen LogP contribution in [0.1, 0.15) is 58.8 Å². The van der Waals surface area contributed by atoms with Crippen molar-refractivity contribution in [2.24, 2.45) is 0 Å². The number of para-hydroxylation sites is 1. The highest BCUT2D eigenvalue weighted by Crippen LogP contribution is 2.28. The molecule has 1 amide bonds. The van der Waals surface area contributed by atoms with Crippen molar-refractivity contribution in [2.75, 3.05) is 14.2 Å². The smallest absolute Gasteiger partial charge is 0.360 e. The average molecular weight is 372 g/mol. The highest BCUT2D eigenvalue weighted by Gasteiger charge is 2.29. The molecular formula is C20H24N2O5. The monoisotopic (exact) mass is 372 g/mol. The summed E-state index contributed by atoms with van der Waals surface area (Å²) >= 11 is 0. The molecule has 0 radical (unpaired) electrons. The van der Waals surface area contributed by atoms with E-state index < -0.39 is 5.97 Å². The number of benzene rings is 1. The second-order valence-corrected chi connectivity index (χ2v) is 6.54. The third kappa shape index (κ3) is 4.30. The van der Waals surface area contributed by atoms with E-state index >= 15 is 0 Å². The number of rotatable bonds is 6. The third-order valence-corrected chi connectivity index (χ3v) is 4.87. The Morgan fingerprint density at radius 2 is 1.93 bits per heavy atom. The fourth-order valence-corrected chi connectivity index (χ4v) is 3.46. The number of hydrogen-bond donors (Lipinski definition) is 0. The van der Waals surface area contributed by atoms with Crippen molar-refractivity contribution in [3.05, 3.63) is 47.7 Å². The summed E-state index contributed by atoms with van der Waals surface area (Å²) in [6.45, 7) is 0.193. The van der Waals surface area contributed by atoms with Crippen LogP contribution < -0.4 is 4.74 Å². The maximum atomic E-state index is 13.3. The van der Waals surface area contributed by atoms with Crippen molar-refractivity contribution < 1.29 is 23.5 Å². The van der Waals surface area contributed by atoms with Gasteiger partial charge in [-0.1, -0.05) is 31.4 Å². The van der Waals surface area contributed by atoms with Crippen molar-refractivity contribution in [1.82, 2.24) is 9.88 Å². The lowest BCUT2D eigenvalue weighted by molar-refractivity contribution is 0.0587. The molecule has 1 fully saturated rings. The van der Waals surface area contributed by atoms with Crippen LogP contribution in [-0.2, 0) is 11.3 Å². The first kappa shape index (κ1) is 18.9. The van der Waals surface area contributed by atoms with Crippen molar-refractivity contribution in [2.45, 2.75) is 44.7 Å². The van der Waals surface area contributed by atoms with Crippen LogP contribution in [0.4, 0.5) is 0 Å². The fourth-order valence-electron chi connectivity index (χ4n) is 3.46. The van der Waals surface area contributed by atoms with Crippen LogP contribution in [0.2, 0.25) is 0 Å². The Morgan fingerprint density at radius 1 is 1.19 bits per heavy atom. The average Bonchev–Trinajstić information content (AvgIpc) is 3.20. The highest BCUT2D eigenvalue weighted by molar-refractivity contribution is 5.97. The Hall–Kier alpha value is -2.83. The number of amides is 1. The number of carbonyl (C=O) groups is 2. The van der Waals surface area contributed by atoms with Crippen molar-refractivity contribution >= 4 is 11.9 Å². The van der Waals surface area contributed by atoms with Gasteiger partial charge >= 0.3 is 5.97 Å². The molecule has 2 aromatic rings. The van der Waals surface area contributed by atoms with Gasteiger partial charge in [0.25, 0.3) is 5.91 Å². The van der Waals surface area contributed by atoms with Gasteiger partial charge in [-0.3, -0.25) is 4.79 Å². The standard InChI is InChI=1S/C20H24N2O5/c1-25-17-11-7-6-10-15(17)19(23)22(14-8-4-3-5-9-14)12-18-21-16(13-27-18)20(24)26-2/h6-7,10-11,13-14H,3-5,8-9,12H2,1-2H3. The van der Waals surface area contributed by atoms with Crippen molar-refractivity contribution in [1.29, 1.82) is 0 Å². The molecule has 3 rings (SSSR count). The molecule has 0 saturated heterocycles. The quantitative estimate of drug-likeness (QED) is 0.723.